The van der Waals surface area contributed by atoms with Crippen molar-refractivity contribution in [1.82, 2.24) is 0 Å². The van der Waals surface area contributed by atoms with E-state index in [2.05, 4.69) is 15.9 Å². The van der Waals surface area contributed by atoms with E-state index in [1.165, 1.54) is 18.6 Å². The Morgan fingerprint density at radius 3 is 2.52 bits per heavy atom. The van der Waals surface area contributed by atoms with Crippen molar-refractivity contribution in [2.75, 3.05) is 6.54 Å². The van der Waals surface area contributed by atoms with E-state index in [9.17, 15) is 13.6 Å². The Morgan fingerprint density at radius 1 is 1.24 bits per heavy atom. The maximum atomic E-state index is 13.9. The van der Waals surface area contributed by atoms with Crippen LogP contribution < -0.4 is 5.73 Å². The van der Waals surface area contributed by atoms with Crippen molar-refractivity contribution in [3.8, 4) is 0 Å². The molecule has 116 valence electrons. The lowest BCUT2D eigenvalue weighted by Crippen LogP contribution is -2.35. The summed E-state index contributed by atoms with van der Waals surface area (Å²) in [6, 6.07) is 2.48. The number of ketones is 1. The Hall–Kier alpha value is -0.810. The highest BCUT2D eigenvalue weighted by atomic mass is 79.9. The average molecular weight is 360 g/mol. The average Bonchev–Trinajstić information content (AvgIpc) is 2.48. The van der Waals surface area contributed by atoms with Crippen molar-refractivity contribution >= 4 is 21.7 Å². The smallest absolute Gasteiger partial charge is 0.143 e. The number of benzene rings is 1. The third-order valence-corrected chi connectivity index (χ3v) is 5.04. The zero-order valence-corrected chi connectivity index (χ0v) is 13.5. The molecule has 1 aliphatic rings. The first-order chi connectivity index (χ1) is 9.97. The van der Waals surface area contributed by atoms with Gasteiger partial charge in [0.15, 0.2) is 0 Å². The first-order valence-electron chi connectivity index (χ1n) is 7.31. The van der Waals surface area contributed by atoms with Crippen LogP contribution in [0.3, 0.4) is 0 Å². The van der Waals surface area contributed by atoms with E-state index in [1.54, 1.807) is 0 Å². The lowest BCUT2D eigenvalue weighted by Gasteiger charge is -2.35. The van der Waals surface area contributed by atoms with Gasteiger partial charge in [0, 0.05) is 18.4 Å². The number of hydrogen-bond donors (Lipinski definition) is 1. The quantitative estimate of drug-likeness (QED) is 0.802. The Bertz CT molecular complexity index is 527. The second-order valence-corrected chi connectivity index (χ2v) is 6.83. The van der Waals surface area contributed by atoms with Gasteiger partial charge < -0.3 is 5.73 Å². The summed E-state index contributed by atoms with van der Waals surface area (Å²) < 4.78 is 27.8. The van der Waals surface area contributed by atoms with Crippen LogP contribution in [0.4, 0.5) is 8.78 Å². The van der Waals surface area contributed by atoms with Crippen LogP contribution in [-0.2, 0) is 11.2 Å². The Balaban J connectivity index is 2.10. The van der Waals surface area contributed by atoms with Crippen molar-refractivity contribution in [3.63, 3.8) is 0 Å². The van der Waals surface area contributed by atoms with Gasteiger partial charge in [-0.15, -0.1) is 0 Å². The van der Waals surface area contributed by atoms with Gasteiger partial charge >= 0.3 is 0 Å². The topological polar surface area (TPSA) is 43.1 Å². The molecule has 1 aromatic carbocycles. The van der Waals surface area contributed by atoms with Gasteiger partial charge in [-0.1, -0.05) is 19.3 Å². The zero-order valence-electron chi connectivity index (χ0n) is 11.9. The molecule has 5 heteroatoms. The molecule has 0 aliphatic heterocycles. The van der Waals surface area contributed by atoms with Crippen LogP contribution in [0.25, 0.3) is 0 Å². The molecule has 0 heterocycles. The van der Waals surface area contributed by atoms with Gasteiger partial charge in [-0.2, -0.15) is 0 Å². The fourth-order valence-corrected chi connectivity index (χ4v) is 3.54. The maximum absolute atomic E-state index is 13.9. The molecule has 0 bridgehead atoms. The summed E-state index contributed by atoms with van der Waals surface area (Å²) in [4.78, 5) is 12.3. The first-order valence-corrected chi connectivity index (χ1v) is 8.11. The van der Waals surface area contributed by atoms with Gasteiger partial charge in [0.05, 0.1) is 4.47 Å². The molecule has 0 spiro atoms. The minimum Gasteiger partial charge on any atom is -0.330 e. The second-order valence-electron chi connectivity index (χ2n) is 5.98. The van der Waals surface area contributed by atoms with Crippen LogP contribution in [0, 0.1) is 17.0 Å². The molecule has 1 aromatic rings. The number of rotatable bonds is 5. The molecular formula is C16H20BrF2NO. The number of nitrogens with two attached hydrogens (primary N) is 1. The van der Waals surface area contributed by atoms with Crippen LogP contribution in [0.2, 0.25) is 0 Å². The number of halogens is 3. The molecule has 0 radical (unpaired) electrons. The lowest BCUT2D eigenvalue weighted by molar-refractivity contribution is -0.121. The normalized spacial score (nSPS) is 17.7. The molecular weight excluding hydrogens is 340 g/mol. The van der Waals surface area contributed by atoms with Crippen molar-refractivity contribution in [1.29, 1.82) is 0 Å². The molecule has 0 amide bonds. The molecule has 0 atom stereocenters. The molecule has 2 rings (SSSR count). The SMILES string of the molecule is NCC1(CC(=O)Cc2c(F)ccc(Br)c2F)CCCCC1. The van der Waals surface area contributed by atoms with E-state index in [-0.39, 0.29) is 27.7 Å². The molecule has 1 aliphatic carbocycles. The monoisotopic (exact) mass is 359 g/mol. The lowest BCUT2D eigenvalue weighted by atomic mass is 9.70. The Kier molecular flexibility index (Phi) is 5.49. The number of carbonyl (C=O) groups is 1. The predicted molar refractivity (Wildman–Crippen MR) is 82.0 cm³/mol. The Morgan fingerprint density at radius 2 is 1.90 bits per heavy atom. The van der Waals surface area contributed by atoms with Gasteiger partial charge in [-0.3, -0.25) is 4.79 Å². The summed E-state index contributed by atoms with van der Waals surface area (Å²) in [6.45, 7) is 0.461. The van der Waals surface area contributed by atoms with Crippen LogP contribution in [0.1, 0.15) is 44.1 Å². The van der Waals surface area contributed by atoms with E-state index in [0.29, 0.717) is 13.0 Å². The van der Waals surface area contributed by atoms with Crippen LogP contribution in [-0.4, -0.2) is 12.3 Å². The highest BCUT2D eigenvalue weighted by molar-refractivity contribution is 9.10. The minimum atomic E-state index is -0.686. The van der Waals surface area contributed by atoms with E-state index in [4.69, 9.17) is 5.73 Å². The van der Waals surface area contributed by atoms with Crippen LogP contribution >= 0.6 is 15.9 Å². The van der Waals surface area contributed by atoms with E-state index < -0.39 is 11.6 Å². The zero-order chi connectivity index (χ0) is 15.5. The fraction of sp³-hybridized carbons (Fsp3) is 0.562. The Labute approximate surface area is 132 Å². The highest BCUT2D eigenvalue weighted by Gasteiger charge is 2.33. The molecule has 0 unspecified atom stereocenters. The summed E-state index contributed by atoms with van der Waals surface area (Å²) >= 11 is 3.02. The standard InChI is InChI=1S/C16H20BrF2NO/c17-13-4-5-14(18)12(15(13)19)8-11(21)9-16(10-20)6-2-1-3-7-16/h4-5H,1-3,6-10,20H2. The summed E-state index contributed by atoms with van der Waals surface area (Å²) in [5.41, 5.74) is 5.53. The fourth-order valence-electron chi connectivity index (χ4n) is 3.16. The van der Waals surface area contributed by atoms with Gasteiger partial charge in [0.1, 0.15) is 17.4 Å². The molecule has 21 heavy (non-hydrogen) atoms. The van der Waals surface area contributed by atoms with Crippen molar-refractivity contribution < 1.29 is 13.6 Å². The maximum Gasteiger partial charge on any atom is 0.143 e. The van der Waals surface area contributed by atoms with Gasteiger partial charge in [-0.05, 0) is 52.9 Å². The summed E-state index contributed by atoms with van der Waals surface area (Å²) in [5, 5.41) is 0. The summed E-state index contributed by atoms with van der Waals surface area (Å²) in [5.74, 6) is -1.50. The van der Waals surface area contributed by atoms with Crippen molar-refractivity contribution in [2.45, 2.75) is 44.9 Å². The molecule has 2 N–H and O–H groups in total. The van der Waals surface area contributed by atoms with E-state index >= 15 is 0 Å². The van der Waals surface area contributed by atoms with Crippen LogP contribution in [0.15, 0.2) is 16.6 Å². The van der Waals surface area contributed by atoms with Crippen molar-refractivity contribution in [2.24, 2.45) is 11.1 Å². The third kappa shape index (κ3) is 3.89. The van der Waals surface area contributed by atoms with Crippen LogP contribution in [0.5, 0.6) is 0 Å². The number of hydrogen-bond acceptors (Lipinski definition) is 2. The van der Waals surface area contributed by atoms with E-state index in [1.807, 2.05) is 0 Å². The summed E-state index contributed by atoms with van der Waals surface area (Å²) in [6.07, 6.45) is 5.28. The molecule has 0 saturated heterocycles. The third-order valence-electron chi connectivity index (χ3n) is 4.43. The number of Topliss-reactive ketones (excluding diaryl/α,β-unsaturated/α-hetero) is 1. The van der Waals surface area contributed by atoms with Gasteiger partial charge in [0.25, 0.3) is 0 Å². The molecule has 0 aromatic heterocycles. The first kappa shape index (κ1) is 16.6. The molecule has 2 nitrogen and oxygen atoms in total. The van der Waals surface area contributed by atoms with Crippen molar-refractivity contribution in [3.05, 3.63) is 33.8 Å². The van der Waals surface area contributed by atoms with Gasteiger partial charge in [-0.25, -0.2) is 8.78 Å². The second kappa shape index (κ2) is 6.97. The van der Waals surface area contributed by atoms with Gasteiger partial charge in [0.2, 0.25) is 0 Å². The summed E-state index contributed by atoms with van der Waals surface area (Å²) in [7, 11) is 0. The molecule has 1 fully saturated rings. The number of carbonyl (C=O) groups excluding carboxylic acids is 1. The largest absolute Gasteiger partial charge is 0.330 e. The predicted octanol–water partition coefficient (Wildman–Crippen LogP) is 4.14. The molecule has 1 saturated carbocycles. The highest BCUT2D eigenvalue weighted by Crippen LogP contribution is 2.39. The van der Waals surface area contributed by atoms with E-state index in [0.717, 1.165) is 25.7 Å². The minimum absolute atomic E-state index is 0.141.